The summed E-state index contributed by atoms with van der Waals surface area (Å²) in [5, 5.41) is 0. The minimum absolute atomic E-state index is 0.0422. The Kier molecular flexibility index (Phi) is 9.10. The summed E-state index contributed by atoms with van der Waals surface area (Å²) in [7, 11) is 0. The van der Waals surface area contributed by atoms with Crippen LogP contribution >= 0.6 is 0 Å². The molecule has 274 valence electrons. The number of Topliss-reactive ketones (excluding diaryl/α,β-unsaturated/α-hetero) is 1. The van der Waals surface area contributed by atoms with Gasteiger partial charge in [0, 0.05) is 32.6 Å². The van der Waals surface area contributed by atoms with Crippen molar-refractivity contribution in [2.75, 3.05) is 6.61 Å². The zero-order chi connectivity index (χ0) is 35.9. The van der Waals surface area contributed by atoms with E-state index in [1.54, 1.807) is 5.57 Å². The third-order valence-corrected chi connectivity index (χ3v) is 15.6. The van der Waals surface area contributed by atoms with Crippen molar-refractivity contribution in [2.45, 2.75) is 164 Å². The molecule has 0 aromatic rings. The van der Waals surface area contributed by atoms with Crippen LogP contribution in [-0.4, -0.2) is 54.7 Å². The molecule has 5 aliphatic carbocycles. The number of hydrogen-bond acceptors (Lipinski definition) is 8. The summed E-state index contributed by atoms with van der Waals surface area (Å²) in [4.78, 5) is 50.0. The highest BCUT2D eigenvalue weighted by Crippen LogP contribution is 2.76. The molecule has 6 aliphatic rings. The monoisotopic (exact) mass is 682 g/mol. The molecule has 11 atom stereocenters. The van der Waals surface area contributed by atoms with Crippen LogP contribution in [-0.2, 0) is 38.1 Å². The molecular formula is C41H62O8. The van der Waals surface area contributed by atoms with Crippen LogP contribution in [0.4, 0.5) is 0 Å². The van der Waals surface area contributed by atoms with Gasteiger partial charge in [0.15, 0.2) is 18.3 Å². The second-order valence-electron chi connectivity index (χ2n) is 19.1. The molecule has 6 rings (SSSR count). The van der Waals surface area contributed by atoms with Gasteiger partial charge in [-0.25, -0.2) is 0 Å². The van der Waals surface area contributed by atoms with Crippen molar-refractivity contribution in [1.82, 2.24) is 0 Å². The van der Waals surface area contributed by atoms with E-state index in [1.807, 2.05) is 0 Å². The first-order valence-electron chi connectivity index (χ1n) is 19.1. The quantitative estimate of drug-likeness (QED) is 0.164. The molecule has 5 unspecified atom stereocenters. The fourth-order valence-electron chi connectivity index (χ4n) is 12.9. The Labute approximate surface area is 294 Å². The third kappa shape index (κ3) is 5.82. The molecule has 1 heterocycles. The van der Waals surface area contributed by atoms with E-state index >= 15 is 0 Å². The largest absolute Gasteiger partial charge is 0.456 e. The van der Waals surface area contributed by atoms with E-state index in [2.05, 4.69) is 54.5 Å². The van der Waals surface area contributed by atoms with Crippen molar-refractivity contribution < 1.29 is 38.1 Å². The van der Waals surface area contributed by atoms with Crippen LogP contribution in [0.25, 0.3) is 0 Å². The van der Waals surface area contributed by atoms with Crippen LogP contribution in [0.1, 0.15) is 140 Å². The number of carbonyl (C=O) groups excluding carboxylic acids is 4. The topological polar surface area (TPSA) is 105 Å². The highest BCUT2D eigenvalue weighted by atomic mass is 16.6. The van der Waals surface area contributed by atoms with E-state index < -0.39 is 42.3 Å². The molecule has 49 heavy (non-hydrogen) atoms. The van der Waals surface area contributed by atoms with E-state index in [4.69, 9.17) is 18.9 Å². The number of carbonyl (C=O) groups is 4. The van der Waals surface area contributed by atoms with Crippen LogP contribution in [0.2, 0.25) is 0 Å². The van der Waals surface area contributed by atoms with Crippen LogP contribution in [0.15, 0.2) is 11.6 Å². The van der Waals surface area contributed by atoms with Crippen molar-refractivity contribution in [3.05, 3.63) is 11.6 Å². The Morgan fingerprint density at radius 1 is 0.796 bits per heavy atom. The molecule has 0 aromatic heterocycles. The van der Waals surface area contributed by atoms with E-state index in [0.29, 0.717) is 36.4 Å². The second kappa shape index (κ2) is 12.2. The number of rotatable bonds is 5. The van der Waals surface area contributed by atoms with Crippen molar-refractivity contribution in [3.8, 4) is 0 Å². The molecule has 1 saturated heterocycles. The maximum Gasteiger partial charge on any atom is 0.303 e. The number of hydrogen-bond donors (Lipinski definition) is 0. The Morgan fingerprint density at radius 3 is 2.08 bits per heavy atom. The van der Waals surface area contributed by atoms with E-state index in [0.717, 1.165) is 57.8 Å². The predicted molar refractivity (Wildman–Crippen MR) is 185 cm³/mol. The van der Waals surface area contributed by atoms with Crippen molar-refractivity contribution in [1.29, 1.82) is 0 Å². The summed E-state index contributed by atoms with van der Waals surface area (Å²) in [5.74, 6) is 0.220. The maximum absolute atomic E-state index is 13.2. The van der Waals surface area contributed by atoms with Gasteiger partial charge in [-0.15, -0.1) is 0 Å². The van der Waals surface area contributed by atoms with Crippen LogP contribution in [0.3, 0.4) is 0 Å². The SMILES string of the molecule is CC(=O)OC1C(OC(C)=O)[C@H](OC(C)=O)CO[C@H]1C[C@]12CCC(C)(C)CC1C1=CCC3[C@@]4(C)CCC(=O)C(C)(C)C4CC[C@@]3(C)[C@]1(C)CC2. The lowest BCUT2D eigenvalue weighted by Crippen LogP contribution is -2.64. The first-order chi connectivity index (χ1) is 22.7. The first-order valence-corrected chi connectivity index (χ1v) is 19.1. The molecule has 0 N–H and O–H groups in total. The van der Waals surface area contributed by atoms with Gasteiger partial charge in [0.2, 0.25) is 0 Å². The molecule has 8 nitrogen and oxygen atoms in total. The Bertz CT molecular complexity index is 1410. The molecular weight excluding hydrogens is 620 g/mol. The number of esters is 3. The van der Waals surface area contributed by atoms with Crippen LogP contribution in [0.5, 0.6) is 0 Å². The lowest BCUT2D eigenvalue weighted by molar-refractivity contribution is -0.234. The van der Waals surface area contributed by atoms with E-state index in [9.17, 15) is 19.2 Å². The highest BCUT2D eigenvalue weighted by molar-refractivity contribution is 5.85. The van der Waals surface area contributed by atoms with Gasteiger partial charge in [0.1, 0.15) is 5.78 Å². The summed E-state index contributed by atoms with van der Waals surface area (Å²) in [6.07, 6.45) is 10.5. The summed E-state index contributed by atoms with van der Waals surface area (Å²) < 4.78 is 23.7. The van der Waals surface area contributed by atoms with Gasteiger partial charge in [0.05, 0.1) is 12.7 Å². The predicted octanol–water partition coefficient (Wildman–Crippen LogP) is 7.94. The molecule has 5 fully saturated rings. The Hall–Kier alpha value is -2.22. The zero-order valence-electron chi connectivity index (χ0n) is 31.9. The lowest BCUT2D eigenvalue weighted by Gasteiger charge is -2.71. The van der Waals surface area contributed by atoms with Crippen molar-refractivity contribution in [3.63, 3.8) is 0 Å². The molecule has 0 radical (unpaired) electrons. The second-order valence-corrected chi connectivity index (χ2v) is 19.1. The molecule has 8 heteroatoms. The molecule has 0 bridgehead atoms. The maximum atomic E-state index is 13.2. The van der Waals surface area contributed by atoms with Gasteiger partial charge in [-0.05, 0) is 109 Å². The molecule has 4 saturated carbocycles. The fourth-order valence-corrected chi connectivity index (χ4v) is 12.9. The minimum Gasteiger partial charge on any atom is -0.456 e. The summed E-state index contributed by atoms with van der Waals surface area (Å²) in [6, 6.07) is 0. The number of allylic oxidation sites excluding steroid dienone is 2. The molecule has 0 spiro atoms. The van der Waals surface area contributed by atoms with Gasteiger partial charge >= 0.3 is 17.9 Å². The summed E-state index contributed by atoms with van der Waals surface area (Å²) in [6.45, 7) is 21.0. The Morgan fingerprint density at radius 2 is 1.43 bits per heavy atom. The van der Waals surface area contributed by atoms with Crippen molar-refractivity contribution >= 4 is 23.7 Å². The van der Waals surface area contributed by atoms with Gasteiger partial charge in [-0.1, -0.05) is 60.1 Å². The average Bonchev–Trinajstić information content (AvgIpc) is 2.98. The first kappa shape index (κ1) is 36.6. The van der Waals surface area contributed by atoms with Gasteiger partial charge < -0.3 is 18.9 Å². The highest BCUT2D eigenvalue weighted by Gasteiger charge is 2.68. The number of fused-ring (bicyclic) bond motifs is 7. The average molecular weight is 683 g/mol. The van der Waals surface area contributed by atoms with Crippen LogP contribution in [0, 0.1) is 50.2 Å². The standard InChI is InChI=1S/C41H62O8/c1-24(42)47-30-23-46-29(34(48-25(2)43)35(30)49-26(3)44)22-41-19-17-36(4,5)21-28(41)27-11-12-32-38(8)15-14-33(45)37(6,7)31(38)13-16-40(32,10)39(27,9)18-20-41/h11,28-32,34-35H,12-23H2,1-10H3/t28?,29-,30+,31?,32?,34?,35?,38-,39+,40+,41+/m0/s1. The van der Waals surface area contributed by atoms with Gasteiger partial charge in [-0.2, -0.15) is 0 Å². The van der Waals surface area contributed by atoms with E-state index in [-0.39, 0.29) is 39.1 Å². The summed E-state index contributed by atoms with van der Waals surface area (Å²) in [5.41, 5.74) is 1.77. The smallest absolute Gasteiger partial charge is 0.303 e. The third-order valence-electron chi connectivity index (χ3n) is 15.6. The summed E-state index contributed by atoms with van der Waals surface area (Å²) >= 11 is 0. The Balaban J connectivity index is 1.37. The lowest BCUT2D eigenvalue weighted by atomic mass is 9.33. The van der Waals surface area contributed by atoms with Crippen molar-refractivity contribution in [2.24, 2.45) is 50.2 Å². The van der Waals surface area contributed by atoms with Gasteiger partial charge in [-0.3, -0.25) is 19.2 Å². The molecule has 0 aromatic carbocycles. The van der Waals surface area contributed by atoms with Gasteiger partial charge in [0.25, 0.3) is 0 Å². The van der Waals surface area contributed by atoms with Crippen LogP contribution < -0.4 is 0 Å². The fraction of sp³-hybridized carbons (Fsp3) is 0.854. The number of ether oxygens (including phenoxy) is 4. The number of ketones is 1. The molecule has 1 aliphatic heterocycles. The zero-order valence-corrected chi connectivity index (χ0v) is 31.9. The van der Waals surface area contributed by atoms with E-state index in [1.165, 1.54) is 20.8 Å². The normalized spacial score (nSPS) is 45.3. The molecule has 0 amide bonds. The minimum atomic E-state index is -0.941.